The molecule has 1 amide bonds. The largest absolute Gasteiger partial charge is 0.370 e. The van der Waals surface area contributed by atoms with E-state index in [1.807, 2.05) is 42.7 Å². The quantitative estimate of drug-likeness (QED) is 0.769. The first kappa shape index (κ1) is 13.9. The number of pyridine rings is 1. The monoisotopic (exact) mass is 219 g/mol. The molecule has 3 N–H and O–H groups in total. The number of amides is 1. The second kappa shape index (κ2) is 11.0. The minimum Gasteiger partial charge on any atom is -0.370 e. The average Bonchev–Trinajstić information content (AvgIpc) is 2.91. The molecule has 0 radical (unpaired) electrons. The molecule has 0 saturated heterocycles. The van der Waals surface area contributed by atoms with Gasteiger partial charge in [-0.2, -0.15) is 0 Å². The summed E-state index contributed by atoms with van der Waals surface area (Å²) < 4.78 is 0. The summed E-state index contributed by atoms with van der Waals surface area (Å²) in [5.41, 5.74) is 4.65. The molecule has 16 heavy (non-hydrogen) atoms. The summed E-state index contributed by atoms with van der Waals surface area (Å²) in [5, 5.41) is 0. The zero-order valence-electron chi connectivity index (χ0n) is 9.34. The molecule has 0 saturated carbocycles. The fourth-order valence-electron chi connectivity index (χ4n) is 0.590. The van der Waals surface area contributed by atoms with Crippen LogP contribution in [0.3, 0.4) is 0 Å². The topological polar surface area (TPSA) is 71.8 Å². The summed E-state index contributed by atoms with van der Waals surface area (Å²) in [7, 11) is 0. The third-order valence-corrected chi connectivity index (χ3v) is 1.41. The number of hydrogen-bond acceptors (Lipinski definition) is 2. The first-order valence-corrected chi connectivity index (χ1v) is 4.98. The number of carbonyl (C=O) groups excluding carboxylic acids is 1. The summed E-state index contributed by atoms with van der Waals surface area (Å²) in [4.78, 5) is 16.2. The van der Waals surface area contributed by atoms with E-state index in [4.69, 9.17) is 0 Å². The first-order chi connectivity index (χ1) is 7.77. The van der Waals surface area contributed by atoms with Gasteiger partial charge >= 0.3 is 0 Å². The van der Waals surface area contributed by atoms with Crippen LogP contribution in [0.15, 0.2) is 55.1 Å². The van der Waals surface area contributed by atoms with E-state index in [1.54, 1.807) is 19.3 Å². The van der Waals surface area contributed by atoms with Crippen molar-refractivity contribution < 1.29 is 4.79 Å². The molecule has 4 heteroatoms. The van der Waals surface area contributed by atoms with Gasteiger partial charge in [-0.1, -0.05) is 13.0 Å². The van der Waals surface area contributed by atoms with Crippen LogP contribution in [0.2, 0.25) is 0 Å². The number of nitrogens with two attached hydrogens (primary N) is 1. The van der Waals surface area contributed by atoms with Crippen molar-refractivity contribution in [2.24, 2.45) is 5.73 Å². The molecule has 0 bridgehead atoms. The highest BCUT2D eigenvalue weighted by Gasteiger charge is 1.77. The second-order valence-electron chi connectivity index (χ2n) is 2.73. The standard InChI is InChI=1S/C5H5N.C4H5N.C3H7NO/c1-2-4-6-5-3-1;1-2-4-5-3-1;1-2-3(4)5/h1-5H;1-5H;2H2,1H3,(H2,4,5). The molecule has 0 aliphatic heterocycles. The van der Waals surface area contributed by atoms with Crippen molar-refractivity contribution in [2.45, 2.75) is 13.3 Å². The zero-order valence-corrected chi connectivity index (χ0v) is 9.34. The zero-order chi connectivity index (χ0) is 12.1. The number of carbonyl (C=O) groups is 1. The summed E-state index contributed by atoms with van der Waals surface area (Å²) >= 11 is 0. The molecular weight excluding hydrogens is 202 g/mol. The van der Waals surface area contributed by atoms with Gasteiger partial charge in [0, 0.05) is 31.2 Å². The Morgan fingerprint density at radius 2 is 1.62 bits per heavy atom. The van der Waals surface area contributed by atoms with Crippen LogP contribution in [0.5, 0.6) is 0 Å². The number of nitrogens with zero attached hydrogens (tertiary/aromatic N) is 1. The van der Waals surface area contributed by atoms with Crippen LogP contribution in [0.4, 0.5) is 0 Å². The third kappa shape index (κ3) is 11.9. The highest BCUT2D eigenvalue weighted by Crippen LogP contribution is 1.73. The second-order valence-corrected chi connectivity index (χ2v) is 2.73. The Bertz CT molecular complexity index is 289. The van der Waals surface area contributed by atoms with Gasteiger partial charge in [-0.15, -0.1) is 0 Å². The molecule has 2 aromatic heterocycles. The van der Waals surface area contributed by atoms with Gasteiger partial charge in [0.05, 0.1) is 0 Å². The molecule has 0 aliphatic rings. The fourth-order valence-corrected chi connectivity index (χ4v) is 0.590. The lowest BCUT2D eigenvalue weighted by Crippen LogP contribution is -2.06. The molecule has 0 spiro atoms. The van der Waals surface area contributed by atoms with Crippen molar-refractivity contribution in [3.63, 3.8) is 0 Å². The summed E-state index contributed by atoms with van der Waals surface area (Å²) in [6.07, 6.45) is 7.69. The van der Waals surface area contributed by atoms with Crippen molar-refractivity contribution in [1.29, 1.82) is 0 Å². The van der Waals surface area contributed by atoms with E-state index >= 15 is 0 Å². The number of H-pyrrole nitrogens is 1. The smallest absolute Gasteiger partial charge is 0.217 e. The Morgan fingerprint density at radius 3 is 1.75 bits per heavy atom. The van der Waals surface area contributed by atoms with Crippen LogP contribution in [-0.4, -0.2) is 15.9 Å². The van der Waals surface area contributed by atoms with E-state index in [9.17, 15) is 4.79 Å². The average molecular weight is 219 g/mol. The van der Waals surface area contributed by atoms with E-state index < -0.39 is 0 Å². The van der Waals surface area contributed by atoms with E-state index in [0.717, 1.165) is 0 Å². The molecular formula is C12H17N3O. The molecule has 2 heterocycles. The molecule has 0 unspecified atom stereocenters. The van der Waals surface area contributed by atoms with Crippen LogP contribution >= 0.6 is 0 Å². The predicted octanol–water partition coefficient (Wildman–Crippen LogP) is 1.98. The number of aromatic nitrogens is 2. The maximum absolute atomic E-state index is 9.59. The van der Waals surface area contributed by atoms with Crippen LogP contribution < -0.4 is 5.73 Å². The number of hydrogen-bond donors (Lipinski definition) is 2. The molecule has 2 rings (SSSR count). The Morgan fingerprint density at radius 1 is 1.12 bits per heavy atom. The Labute approximate surface area is 95.5 Å². The van der Waals surface area contributed by atoms with E-state index in [2.05, 4.69) is 15.7 Å². The van der Waals surface area contributed by atoms with Gasteiger partial charge in [0.15, 0.2) is 0 Å². The van der Waals surface area contributed by atoms with Crippen LogP contribution in [0.1, 0.15) is 13.3 Å². The SMILES string of the molecule is CCC(N)=O.c1cc[nH]c1.c1ccncc1. The van der Waals surface area contributed by atoms with Gasteiger partial charge in [0.2, 0.25) is 5.91 Å². The summed E-state index contributed by atoms with van der Waals surface area (Å²) in [6.45, 7) is 1.72. The van der Waals surface area contributed by atoms with E-state index in [1.165, 1.54) is 0 Å². The van der Waals surface area contributed by atoms with Crippen molar-refractivity contribution in [3.05, 3.63) is 55.1 Å². The number of rotatable bonds is 1. The molecule has 0 aliphatic carbocycles. The Balaban J connectivity index is 0.000000213. The normalized spacial score (nSPS) is 7.81. The van der Waals surface area contributed by atoms with E-state index in [-0.39, 0.29) is 5.91 Å². The fraction of sp³-hybridized carbons (Fsp3) is 0.167. The van der Waals surface area contributed by atoms with Gasteiger partial charge in [-0.25, -0.2) is 0 Å². The van der Waals surface area contributed by atoms with Gasteiger partial charge in [-0.3, -0.25) is 9.78 Å². The van der Waals surface area contributed by atoms with Crippen molar-refractivity contribution in [1.82, 2.24) is 9.97 Å². The molecule has 0 atom stereocenters. The summed E-state index contributed by atoms with van der Waals surface area (Å²) in [6, 6.07) is 9.60. The minimum atomic E-state index is -0.245. The minimum absolute atomic E-state index is 0.245. The number of nitrogens with one attached hydrogen (secondary N) is 1. The van der Waals surface area contributed by atoms with Gasteiger partial charge in [0.25, 0.3) is 0 Å². The molecule has 4 nitrogen and oxygen atoms in total. The lowest BCUT2D eigenvalue weighted by atomic mass is 10.5. The van der Waals surface area contributed by atoms with Gasteiger partial charge in [-0.05, 0) is 24.3 Å². The first-order valence-electron chi connectivity index (χ1n) is 4.98. The molecule has 86 valence electrons. The van der Waals surface area contributed by atoms with Gasteiger partial charge in [0.1, 0.15) is 0 Å². The molecule has 0 fully saturated rings. The highest BCUT2D eigenvalue weighted by atomic mass is 16.1. The predicted molar refractivity (Wildman–Crippen MR) is 64.5 cm³/mol. The van der Waals surface area contributed by atoms with Crippen LogP contribution in [0.25, 0.3) is 0 Å². The third-order valence-electron chi connectivity index (χ3n) is 1.41. The van der Waals surface area contributed by atoms with E-state index in [0.29, 0.717) is 6.42 Å². The van der Waals surface area contributed by atoms with Crippen molar-refractivity contribution in [3.8, 4) is 0 Å². The lowest BCUT2D eigenvalue weighted by molar-refractivity contribution is -0.117. The van der Waals surface area contributed by atoms with Crippen molar-refractivity contribution >= 4 is 5.91 Å². The maximum Gasteiger partial charge on any atom is 0.217 e. The summed E-state index contributed by atoms with van der Waals surface area (Å²) in [5.74, 6) is -0.245. The Kier molecular flexibility index (Phi) is 9.54. The Hall–Kier alpha value is -2.10. The number of aromatic amines is 1. The highest BCUT2D eigenvalue weighted by molar-refractivity contribution is 5.73. The molecule has 0 aromatic carbocycles. The van der Waals surface area contributed by atoms with Crippen LogP contribution in [0, 0.1) is 0 Å². The van der Waals surface area contributed by atoms with Gasteiger partial charge < -0.3 is 10.7 Å². The van der Waals surface area contributed by atoms with Crippen molar-refractivity contribution in [2.75, 3.05) is 0 Å². The lowest BCUT2D eigenvalue weighted by Gasteiger charge is -1.73. The molecule has 2 aromatic rings. The number of primary amides is 1. The maximum atomic E-state index is 9.59. The van der Waals surface area contributed by atoms with Crippen LogP contribution in [-0.2, 0) is 4.79 Å².